The molecule has 2 amide bonds. The highest BCUT2D eigenvalue weighted by Gasteiger charge is 2.38. The number of rotatable bonds is 12. The number of nitrogens with zero attached hydrogens (tertiary/aromatic N) is 10. The van der Waals surface area contributed by atoms with Crippen LogP contribution in [0.5, 0.6) is 0 Å². The third kappa shape index (κ3) is 9.96. The monoisotopic (exact) mass is 896 g/mol. The Morgan fingerprint density at radius 3 is 2.27 bits per heavy atom. The fourth-order valence-electron chi connectivity index (χ4n) is 8.57. The van der Waals surface area contributed by atoms with Gasteiger partial charge in [-0.1, -0.05) is 36.2 Å². The van der Waals surface area contributed by atoms with Gasteiger partial charge in [0, 0.05) is 62.7 Å². The van der Waals surface area contributed by atoms with Crippen molar-refractivity contribution >= 4 is 35.2 Å². The van der Waals surface area contributed by atoms with E-state index in [1.807, 2.05) is 19.1 Å². The third-order valence-electron chi connectivity index (χ3n) is 11.9. The normalized spacial score (nSPS) is 19.0. The molecule has 2 saturated heterocycles. The van der Waals surface area contributed by atoms with Gasteiger partial charge in [-0.15, -0.1) is 0 Å². The Morgan fingerprint density at radius 2 is 1.53 bits per heavy atom. The van der Waals surface area contributed by atoms with Crippen molar-refractivity contribution in [3.8, 4) is 17.1 Å². The summed E-state index contributed by atoms with van der Waals surface area (Å²) in [6.07, 6.45) is 6.52. The molecular formula is C45H45ClF4N12O2. The molecule has 2 aromatic carbocycles. The standard InChI is InChI=1S/C45H45ClF4N12O2/c1-27-8-11-34(41-51-14-5-15-52-41)35(18-27)42(63)61-17-4-7-29(39(61)26-57-44-55-21-30(22-56-44)45(48,49)50)19-33-24-58-62(59-33)37-12-10-32(47)20-36(37)43(64)60-16-3-6-28(2)38(60)25-54-40-13-9-31(46)23-53-40/h5,8-15,18,20-24,28-29,38-39H,3-4,6-7,16-17,19,25-26H2,1-2H3,(H,53,54)(H,55,56,57). The predicted molar refractivity (Wildman–Crippen MR) is 231 cm³/mol. The van der Waals surface area contributed by atoms with Gasteiger partial charge < -0.3 is 20.4 Å². The van der Waals surface area contributed by atoms with Crippen LogP contribution in [0.1, 0.15) is 70.1 Å². The van der Waals surface area contributed by atoms with Crippen LogP contribution in [0.15, 0.2) is 91.8 Å². The molecule has 2 aliphatic heterocycles. The van der Waals surface area contributed by atoms with Crippen molar-refractivity contribution in [2.75, 3.05) is 36.8 Å². The Balaban J connectivity index is 1.06. The molecule has 332 valence electrons. The van der Waals surface area contributed by atoms with E-state index in [2.05, 4.69) is 47.6 Å². The number of piperidine rings is 2. The maximum Gasteiger partial charge on any atom is 0.419 e. The van der Waals surface area contributed by atoms with Gasteiger partial charge in [0.15, 0.2) is 5.82 Å². The Kier molecular flexibility index (Phi) is 13.1. The van der Waals surface area contributed by atoms with Gasteiger partial charge in [0.25, 0.3) is 11.8 Å². The van der Waals surface area contributed by atoms with Crippen molar-refractivity contribution in [2.45, 2.75) is 64.2 Å². The number of pyridine rings is 1. The summed E-state index contributed by atoms with van der Waals surface area (Å²) in [5, 5.41) is 16.3. The van der Waals surface area contributed by atoms with Crippen molar-refractivity contribution in [1.82, 2.24) is 49.7 Å². The second-order valence-electron chi connectivity index (χ2n) is 16.2. The molecule has 4 unspecified atom stereocenters. The van der Waals surface area contributed by atoms with Crippen molar-refractivity contribution in [1.29, 1.82) is 0 Å². The first-order valence-corrected chi connectivity index (χ1v) is 21.4. The summed E-state index contributed by atoms with van der Waals surface area (Å²) < 4.78 is 55.0. The number of nitrogens with one attached hydrogen (secondary N) is 2. The number of alkyl halides is 3. The lowest BCUT2D eigenvalue weighted by Crippen LogP contribution is -2.52. The van der Waals surface area contributed by atoms with Crippen LogP contribution in [-0.2, 0) is 12.6 Å². The molecule has 19 heteroatoms. The average molecular weight is 897 g/mol. The fraction of sp³-hybridized carbons (Fsp3) is 0.356. The number of hydrogen-bond acceptors (Lipinski definition) is 11. The largest absolute Gasteiger partial charge is 0.419 e. The highest BCUT2D eigenvalue weighted by Crippen LogP contribution is 2.33. The summed E-state index contributed by atoms with van der Waals surface area (Å²) >= 11 is 6.03. The number of aromatic nitrogens is 8. The summed E-state index contributed by atoms with van der Waals surface area (Å²) in [4.78, 5) is 55.0. The van der Waals surface area contributed by atoms with E-state index in [4.69, 9.17) is 16.7 Å². The lowest BCUT2D eigenvalue weighted by Gasteiger charge is -2.41. The van der Waals surface area contributed by atoms with Gasteiger partial charge in [-0.05, 0) is 93.3 Å². The van der Waals surface area contributed by atoms with Crippen molar-refractivity contribution in [3.05, 3.63) is 131 Å². The van der Waals surface area contributed by atoms with E-state index in [1.165, 1.54) is 23.0 Å². The maximum atomic E-state index is 15.0. The number of anilines is 2. The second-order valence-corrected chi connectivity index (χ2v) is 16.6. The van der Waals surface area contributed by atoms with E-state index >= 15 is 4.39 Å². The van der Waals surface area contributed by atoms with Crippen LogP contribution >= 0.6 is 11.6 Å². The van der Waals surface area contributed by atoms with Crippen LogP contribution in [0, 0.1) is 24.6 Å². The summed E-state index contributed by atoms with van der Waals surface area (Å²) in [6.45, 7) is 5.37. The number of aryl methyl sites for hydroxylation is 1. The minimum absolute atomic E-state index is 0.0270. The van der Waals surface area contributed by atoms with Gasteiger partial charge in [0.2, 0.25) is 5.95 Å². The zero-order chi connectivity index (χ0) is 45.0. The molecule has 14 nitrogen and oxygen atoms in total. The predicted octanol–water partition coefficient (Wildman–Crippen LogP) is 7.96. The Hall–Kier alpha value is -6.56. The molecule has 0 saturated carbocycles. The van der Waals surface area contributed by atoms with Gasteiger partial charge >= 0.3 is 6.18 Å². The maximum absolute atomic E-state index is 15.0. The lowest BCUT2D eigenvalue weighted by atomic mass is 9.84. The Morgan fingerprint density at radius 1 is 0.812 bits per heavy atom. The Bertz CT molecular complexity index is 2580. The van der Waals surface area contributed by atoms with Gasteiger partial charge in [-0.25, -0.2) is 29.3 Å². The molecule has 2 aliphatic rings. The highest BCUT2D eigenvalue weighted by atomic mass is 35.5. The highest BCUT2D eigenvalue weighted by molar-refractivity contribution is 6.30. The van der Waals surface area contributed by atoms with E-state index in [1.54, 1.807) is 58.9 Å². The number of amides is 2. The fourth-order valence-corrected chi connectivity index (χ4v) is 8.68. The number of halogens is 5. The molecule has 4 aromatic heterocycles. The quantitative estimate of drug-likeness (QED) is 0.115. The minimum atomic E-state index is -4.61. The Labute approximate surface area is 371 Å². The first kappa shape index (κ1) is 44.1. The van der Waals surface area contributed by atoms with Crippen molar-refractivity contribution in [3.63, 3.8) is 0 Å². The number of likely N-dealkylation sites (tertiary alicyclic amines) is 2. The molecule has 0 bridgehead atoms. The van der Waals surface area contributed by atoms with E-state index in [9.17, 15) is 22.8 Å². The molecule has 2 N–H and O–H groups in total. The molecule has 6 aromatic rings. The first-order chi connectivity index (χ1) is 30.8. The number of benzene rings is 2. The topological polar surface area (TPSA) is 160 Å². The van der Waals surface area contributed by atoms with E-state index in [0.29, 0.717) is 90.5 Å². The third-order valence-corrected chi connectivity index (χ3v) is 12.1. The van der Waals surface area contributed by atoms with Crippen LogP contribution < -0.4 is 10.6 Å². The SMILES string of the molecule is Cc1ccc(-c2ncccn2)c(C(=O)N2CCCC(Cc3cnn(-c4ccc(F)cc4C(=O)N4CCCC(C)C4CNc4ccc(Cl)cn4)n3)C2CNc2ncc(C(F)(F)F)cn2)c1. The van der Waals surface area contributed by atoms with Gasteiger partial charge in [-0.2, -0.15) is 28.2 Å². The summed E-state index contributed by atoms with van der Waals surface area (Å²) in [5.41, 5.74) is 1.80. The molecule has 6 heterocycles. The summed E-state index contributed by atoms with van der Waals surface area (Å²) in [7, 11) is 0. The molecule has 0 spiro atoms. The zero-order valence-corrected chi connectivity index (χ0v) is 35.8. The second kappa shape index (κ2) is 19.0. The molecule has 8 rings (SSSR count). The van der Waals surface area contributed by atoms with Gasteiger partial charge in [0.05, 0.1) is 51.4 Å². The van der Waals surface area contributed by atoms with Crippen LogP contribution in [0.3, 0.4) is 0 Å². The van der Waals surface area contributed by atoms with Crippen LogP contribution in [0.25, 0.3) is 17.1 Å². The smallest absolute Gasteiger partial charge is 0.368 e. The summed E-state index contributed by atoms with van der Waals surface area (Å²) in [5.74, 6) is -0.307. The first-order valence-electron chi connectivity index (χ1n) is 21.0. The molecular weight excluding hydrogens is 852 g/mol. The van der Waals surface area contributed by atoms with Gasteiger partial charge in [-0.3, -0.25) is 9.59 Å². The molecule has 64 heavy (non-hydrogen) atoms. The number of carbonyl (C=O) groups is 2. The minimum Gasteiger partial charge on any atom is -0.368 e. The molecule has 0 radical (unpaired) electrons. The van der Waals surface area contributed by atoms with Crippen molar-refractivity contribution in [2.24, 2.45) is 11.8 Å². The zero-order valence-electron chi connectivity index (χ0n) is 35.0. The number of hydrogen-bond donors (Lipinski definition) is 2. The van der Waals surface area contributed by atoms with Crippen molar-refractivity contribution < 1.29 is 27.2 Å². The number of carbonyl (C=O) groups excluding carboxylic acids is 2. The average Bonchev–Trinajstić information content (AvgIpc) is 3.76. The van der Waals surface area contributed by atoms with E-state index < -0.39 is 23.6 Å². The van der Waals surface area contributed by atoms with Gasteiger partial charge in [0.1, 0.15) is 11.6 Å². The van der Waals surface area contributed by atoms with E-state index in [-0.39, 0.29) is 47.7 Å². The molecule has 4 atom stereocenters. The van der Waals surface area contributed by atoms with Crippen LogP contribution in [-0.4, -0.2) is 99.8 Å². The molecule has 2 fully saturated rings. The van der Waals surface area contributed by atoms with Crippen LogP contribution in [0.2, 0.25) is 5.02 Å². The van der Waals surface area contributed by atoms with Crippen LogP contribution in [0.4, 0.5) is 29.3 Å². The molecule has 0 aliphatic carbocycles. The summed E-state index contributed by atoms with van der Waals surface area (Å²) in [6, 6.07) is 13.9. The van der Waals surface area contributed by atoms with E-state index in [0.717, 1.165) is 18.4 Å². The lowest BCUT2D eigenvalue weighted by molar-refractivity contribution is -0.138.